The van der Waals surface area contributed by atoms with Crippen molar-refractivity contribution in [2.45, 2.75) is 17.3 Å². The standard InChI is InChI=1S/C21H18N4OS/c1-15(27-21-22-14-25(24-21)17-10-3-2-4-11-17)20(26)23-19-13-7-9-16-8-5-6-12-18(16)19/h2-15H,1H3,(H,23,26)/t15-/m0/s1. The molecule has 0 radical (unpaired) electrons. The van der Waals surface area contributed by atoms with E-state index in [1.165, 1.54) is 11.8 Å². The van der Waals surface area contributed by atoms with Gasteiger partial charge in [-0.1, -0.05) is 66.4 Å². The smallest absolute Gasteiger partial charge is 0.237 e. The summed E-state index contributed by atoms with van der Waals surface area (Å²) in [7, 11) is 0. The Labute approximate surface area is 161 Å². The van der Waals surface area contributed by atoms with Crippen molar-refractivity contribution in [1.29, 1.82) is 0 Å². The van der Waals surface area contributed by atoms with Crippen LogP contribution in [0.2, 0.25) is 0 Å². The molecule has 6 heteroatoms. The molecule has 4 aromatic rings. The van der Waals surface area contributed by atoms with Gasteiger partial charge in [-0.2, -0.15) is 0 Å². The fraction of sp³-hybridized carbons (Fsp3) is 0.0952. The van der Waals surface area contributed by atoms with Crippen LogP contribution >= 0.6 is 11.8 Å². The van der Waals surface area contributed by atoms with Crippen molar-refractivity contribution in [2.24, 2.45) is 0 Å². The molecule has 0 saturated carbocycles. The number of para-hydroxylation sites is 1. The molecule has 3 aromatic carbocycles. The monoisotopic (exact) mass is 374 g/mol. The Bertz CT molecular complexity index is 1070. The van der Waals surface area contributed by atoms with E-state index in [1.54, 1.807) is 11.0 Å². The van der Waals surface area contributed by atoms with Crippen molar-refractivity contribution >= 4 is 34.1 Å². The van der Waals surface area contributed by atoms with Gasteiger partial charge >= 0.3 is 0 Å². The van der Waals surface area contributed by atoms with Crippen LogP contribution < -0.4 is 5.32 Å². The highest BCUT2D eigenvalue weighted by molar-refractivity contribution is 8.00. The van der Waals surface area contributed by atoms with E-state index in [4.69, 9.17) is 0 Å². The van der Waals surface area contributed by atoms with Gasteiger partial charge in [0.1, 0.15) is 6.33 Å². The molecule has 27 heavy (non-hydrogen) atoms. The highest BCUT2D eigenvalue weighted by atomic mass is 32.2. The Balaban J connectivity index is 1.46. The van der Waals surface area contributed by atoms with Crippen LogP contribution in [0.25, 0.3) is 16.5 Å². The molecule has 0 saturated heterocycles. The summed E-state index contributed by atoms with van der Waals surface area (Å²) < 4.78 is 1.71. The molecule has 1 aromatic heterocycles. The normalized spacial score (nSPS) is 12.0. The van der Waals surface area contributed by atoms with Crippen LogP contribution in [-0.4, -0.2) is 25.9 Å². The van der Waals surface area contributed by atoms with E-state index < -0.39 is 0 Å². The molecule has 1 amide bonds. The van der Waals surface area contributed by atoms with Crippen LogP contribution in [0, 0.1) is 0 Å². The van der Waals surface area contributed by atoms with Crippen molar-refractivity contribution in [3.63, 3.8) is 0 Å². The number of nitrogens with zero attached hydrogens (tertiary/aromatic N) is 3. The van der Waals surface area contributed by atoms with Crippen LogP contribution in [-0.2, 0) is 4.79 Å². The van der Waals surface area contributed by atoms with Gasteiger partial charge in [0.05, 0.1) is 10.9 Å². The van der Waals surface area contributed by atoms with Gasteiger partial charge in [-0.3, -0.25) is 4.79 Å². The predicted molar refractivity (Wildman–Crippen MR) is 109 cm³/mol. The van der Waals surface area contributed by atoms with Crippen molar-refractivity contribution in [2.75, 3.05) is 5.32 Å². The number of carbonyl (C=O) groups is 1. The summed E-state index contributed by atoms with van der Waals surface area (Å²) in [6, 6.07) is 23.7. The summed E-state index contributed by atoms with van der Waals surface area (Å²) in [6.07, 6.45) is 1.66. The lowest BCUT2D eigenvalue weighted by molar-refractivity contribution is -0.115. The molecule has 0 unspecified atom stereocenters. The van der Waals surface area contributed by atoms with Crippen LogP contribution in [0.3, 0.4) is 0 Å². The van der Waals surface area contributed by atoms with Gasteiger partial charge in [-0.25, -0.2) is 9.67 Å². The van der Waals surface area contributed by atoms with Gasteiger partial charge in [0.2, 0.25) is 11.1 Å². The van der Waals surface area contributed by atoms with Crippen LogP contribution in [0.4, 0.5) is 5.69 Å². The van der Waals surface area contributed by atoms with Gasteiger partial charge < -0.3 is 5.32 Å². The molecule has 0 fully saturated rings. The van der Waals surface area contributed by atoms with Gasteiger partial charge in [0.25, 0.3) is 0 Å². The summed E-state index contributed by atoms with van der Waals surface area (Å²) in [5.41, 5.74) is 1.75. The number of thioether (sulfide) groups is 1. The van der Waals surface area contributed by atoms with E-state index in [9.17, 15) is 4.79 Å². The Morgan fingerprint density at radius 3 is 2.59 bits per heavy atom. The average Bonchev–Trinajstić information content (AvgIpc) is 3.17. The highest BCUT2D eigenvalue weighted by Crippen LogP contribution is 2.25. The lowest BCUT2D eigenvalue weighted by atomic mass is 10.1. The number of aromatic nitrogens is 3. The summed E-state index contributed by atoms with van der Waals surface area (Å²) >= 11 is 1.34. The molecule has 5 nitrogen and oxygen atoms in total. The van der Waals surface area contributed by atoms with E-state index in [-0.39, 0.29) is 11.2 Å². The number of nitrogens with one attached hydrogen (secondary N) is 1. The van der Waals surface area contributed by atoms with Gasteiger partial charge in [0, 0.05) is 11.1 Å². The molecule has 4 rings (SSSR count). The van der Waals surface area contributed by atoms with E-state index in [0.717, 1.165) is 22.1 Å². The van der Waals surface area contributed by atoms with Gasteiger partial charge in [-0.15, -0.1) is 5.10 Å². The lowest BCUT2D eigenvalue weighted by Gasteiger charge is -2.12. The zero-order valence-corrected chi connectivity index (χ0v) is 15.6. The number of rotatable bonds is 5. The topological polar surface area (TPSA) is 59.8 Å². The van der Waals surface area contributed by atoms with Gasteiger partial charge in [0.15, 0.2) is 0 Å². The van der Waals surface area contributed by atoms with E-state index in [0.29, 0.717) is 5.16 Å². The molecule has 0 spiro atoms. The molecule has 0 bridgehead atoms. The fourth-order valence-electron chi connectivity index (χ4n) is 2.79. The molecular weight excluding hydrogens is 356 g/mol. The van der Waals surface area contributed by atoms with Crippen LogP contribution in [0.15, 0.2) is 84.3 Å². The molecular formula is C21H18N4OS. The molecule has 0 aliphatic carbocycles. The highest BCUT2D eigenvalue weighted by Gasteiger charge is 2.18. The second kappa shape index (κ2) is 7.63. The summed E-state index contributed by atoms with van der Waals surface area (Å²) in [6.45, 7) is 1.86. The SMILES string of the molecule is C[C@H](Sc1ncn(-c2ccccc2)n1)C(=O)Nc1cccc2ccccc12. The maximum absolute atomic E-state index is 12.6. The zero-order chi connectivity index (χ0) is 18.6. The molecule has 1 heterocycles. The lowest BCUT2D eigenvalue weighted by Crippen LogP contribution is -2.22. The summed E-state index contributed by atoms with van der Waals surface area (Å²) in [5.74, 6) is -0.0765. The quantitative estimate of drug-likeness (QED) is 0.521. The summed E-state index contributed by atoms with van der Waals surface area (Å²) in [4.78, 5) is 16.9. The minimum Gasteiger partial charge on any atom is -0.325 e. The summed E-state index contributed by atoms with van der Waals surface area (Å²) in [5, 5.41) is 9.84. The van der Waals surface area contributed by atoms with Gasteiger partial charge in [-0.05, 0) is 30.5 Å². The molecule has 134 valence electrons. The second-order valence-electron chi connectivity index (χ2n) is 6.08. The third-order valence-electron chi connectivity index (χ3n) is 4.19. The Morgan fingerprint density at radius 2 is 1.74 bits per heavy atom. The minimum absolute atomic E-state index is 0.0765. The zero-order valence-electron chi connectivity index (χ0n) is 14.7. The largest absolute Gasteiger partial charge is 0.325 e. The van der Waals surface area contributed by atoms with Crippen LogP contribution in [0.1, 0.15) is 6.92 Å². The number of carbonyl (C=O) groups excluding carboxylic acids is 1. The maximum Gasteiger partial charge on any atom is 0.237 e. The predicted octanol–water partition coefficient (Wildman–Crippen LogP) is 4.54. The van der Waals surface area contributed by atoms with Crippen molar-refractivity contribution < 1.29 is 4.79 Å². The second-order valence-corrected chi connectivity index (χ2v) is 7.39. The maximum atomic E-state index is 12.6. The third-order valence-corrected chi connectivity index (χ3v) is 5.16. The van der Waals surface area contributed by atoms with E-state index >= 15 is 0 Å². The molecule has 0 aliphatic heterocycles. The minimum atomic E-state index is -0.324. The first-order valence-corrected chi connectivity index (χ1v) is 9.51. The van der Waals surface area contributed by atoms with Crippen LogP contribution in [0.5, 0.6) is 0 Å². The number of benzene rings is 3. The fourth-order valence-corrected chi connectivity index (χ4v) is 3.51. The molecule has 0 aliphatic rings. The Hall–Kier alpha value is -3.12. The van der Waals surface area contributed by atoms with Crippen molar-refractivity contribution in [1.82, 2.24) is 14.8 Å². The van der Waals surface area contributed by atoms with Crippen molar-refractivity contribution in [3.05, 3.63) is 79.1 Å². The Morgan fingerprint density at radius 1 is 1.00 bits per heavy atom. The first kappa shape index (κ1) is 17.3. The first-order valence-electron chi connectivity index (χ1n) is 8.63. The number of fused-ring (bicyclic) bond motifs is 1. The third kappa shape index (κ3) is 3.85. The molecule has 1 N–H and O–H groups in total. The number of hydrogen-bond donors (Lipinski definition) is 1. The Kier molecular flexibility index (Phi) is 4.89. The van der Waals surface area contributed by atoms with E-state index in [2.05, 4.69) is 15.4 Å². The van der Waals surface area contributed by atoms with E-state index in [1.807, 2.05) is 79.7 Å². The molecule has 1 atom stereocenters. The average molecular weight is 374 g/mol. The van der Waals surface area contributed by atoms with Crippen molar-refractivity contribution in [3.8, 4) is 5.69 Å². The first-order chi connectivity index (χ1) is 13.2. The number of amides is 1. The number of anilines is 1. The number of hydrogen-bond acceptors (Lipinski definition) is 4.